The Labute approximate surface area is 91.2 Å². The Morgan fingerprint density at radius 1 is 1.40 bits per heavy atom. The molecule has 0 aliphatic carbocycles. The molecular weight excluding hydrogens is 194 g/mol. The standard InChI is InChI=1S/C11H21NO3/c1-8-5-9(13)7-12(6-8)10(14)15-11(2,3)4/h8-9,13H,5-7H2,1-4H3/t8?,9-/m0/s1. The number of ether oxygens (including phenoxy) is 1. The molecule has 1 unspecified atom stereocenters. The number of aliphatic hydroxyl groups is 1. The second kappa shape index (κ2) is 4.39. The molecule has 4 nitrogen and oxygen atoms in total. The van der Waals surface area contributed by atoms with Crippen molar-refractivity contribution in [3.05, 3.63) is 0 Å². The molecule has 1 aliphatic heterocycles. The van der Waals surface area contributed by atoms with Crippen LogP contribution in [0.1, 0.15) is 34.1 Å². The Morgan fingerprint density at radius 3 is 2.47 bits per heavy atom. The maximum Gasteiger partial charge on any atom is 0.410 e. The first-order chi connectivity index (χ1) is 6.78. The van der Waals surface area contributed by atoms with E-state index in [1.165, 1.54) is 0 Å². The summed E-state index contributed by atoms with van der Waals surface area (Å²) in [5.41, 5.74) is -0.470. The predicted octanol–water partition coefficient (Wildman–Crippen LogP) is 1.62. The van der Waals surface area contributed by atoms with E-state index in [4.69, 9.17) is 4.74 Å². The van der Waals surface area contributed by atoms with Gasteiger partial charge >= 0.3 is 6.09 Å². The molecule has 0 aromatic carbocycles. The number of β-amino-alcohol motifs (C(OH)–C–C–N with tert-alkyl or cyclic N) is 1. The summed E-state index contributed by atoms with van der Waals surface area (Å²) in [6.45, 7) is 8.61. The highest BCUT2D eigenvalue weighted by Gasteiger charge is 2.29. The summed E-state index contributed by atoms with van der Waals surface area (Å²) in [5, 5.41) is 9.55. The van der Waals surface area contributed by atoms with Crippen LogP contribution in [0.2, 0.25) is 0 Å². The van der Waals surface area contributed by atoms with Gasteiger partial charge in [0.05, 0.1) is 6.10 Å². The third kappa shape index (κ3) is 4.08. The molecule has 15 heavy (non-hydrogen) atoms. The summed E-state index contributed by atoms with van der Waals surface area (Å²) in [5.74, 6) is 0.335. The zero-order chi connectivity index (χ0) is 11.6. The van der Waals surface area contributed by atoms with Crippen LogP contribution in [-0.2, 0) is 4.74 Å². The second-order valence-corrected chi connectivity index (χ2v) is 5.38. The molecule has 1 saturated heterocycles. The van der Waals surface area contributed by atoms with E-state index in [2.05, 4.69) is 0 Å². The SMILES string of the molecule is CC1C[C@H](O)CN(C(=O)OC(C)(C)C)C1. The molecule has 0 radical (unpaired) electrons. The van der Waals surface area contributed by atoms with E-state index in [0.29, 0.717) is 19.0 Å². The number of carbonyl (C=O) groups is 1. The molecule has 1 amide bonds. The highest BCUT2D eigenvalue weighted by Crippen LogP contribution is 2.18. The average Bonchev–Trinajstić information content (AvgIpc) is 1.98. The number of aliphatic hydroxyl groups excluding tert-OH is 1. The minimum atomic E-state index is -0.470. The van der Waals surface area contributed by atoms with Crippen molar-refractivity contribution >= 4 is 6.09 Å². The van der Waals surface area contributed by atoms with Crippen molar-refractivity contribution < 1.29 is 14.6 Å². The van der Waals surface area contributed by atoms with E-state index < -0.39 is 11.7 Å². The lowest BCUT2D eigenvalue weighted by molar-refractivity contribution is -0.00539. The van der Waals surface area contributed by atoms with Gasteiger partial charge in [0.2, 0.25) is 0 Å². The van der Waals surface area contributed by atoms with Crippen molar-refractivity contribution in [2.45, 2.75) is 45.8 Å². The molecular formula is C11H21NO3. The molecule has 1 fully saturated rings. The van der Waals surface area contributed by atoms with Gasteiger partial charge in [0.25, 0.3) is 0 Å². The van der Waals surface area contributed by atoms with Gasteiger partial charge in [-0.2, -0.15) is 0 Å². The Morgan fingerprint density at radius 2 is 2.00 bits per heavy atom. The zero-order valence-electron chi connectivity index (χ0n) is 9.99. The largest absolute Gasteiger partial charge is 0.444 e. The summed E-state index contributed by atoms with van der Waals surface area (Å²) < 4.78 is 5.25. The van der Waals surface area contributed by atoms with Crippen molar-refractivity contribution in [3.8, 4) is 0 Å². The Balaban J connectivity index is 2.52. The number of nitrogens with zero attached hydrogens (tertiary/aromatic N) is 1. The van der Waals surface area contributed by atoms with Gasteiger partial charge in [-0.1, -0.05) is 6.92 Å². The molecule has 1 rings (SSSR count). The first kappa shape index (κ1) is 12.3. The quantitative estimate of drug-likeness (QED) is 0.668. The third-order valence-electron chi connectivity index (χ3n) is 2.29. The van der Waals surface area contributed by atoms with E-state index in [-0.39, 0.29) is 6.09 Å². The Bertz CT molecular complexity index is 224. The number of carbonyl (C=O) groups excluding carboxylic acids is 1. The minimum absolute atomic E-state index is 0.326. The molecule has 0 spiro atoms. The molecule has 0 bridgehead atoms. The molecule has 0 aromatic rings. The van der Waals surface area contributed by atoms with Crippen LogP contribution in [0.5, 0.6) is 0 Å². The number of likely N-dealkylation sites (tertiary alicyclic amines) is 1. The normalized spacial score (nSPS) is 27.7. The van der Waals surface area contributed by atoms with E-state index in [1.807, 2.05) is 27.7 Å². The maximum atomic E-state index is 11.7. The van der Waals surface area contributed by atoms with Crippen LogP contribution in [0.15, 0.2) is 0 Å². The Hall–Kier alpha value is -0.770. The average molecular weight is 215 g/mol. The lowest BCUT2D eigenvalue weighted by atomic mass is 9.98. The van der Waals surface area contributed by atoms with Crippen LogP contribution in [-0.4, -0.2) is 40.9 Å². The summed E-state index contributed by atoms with van der Waals surface area (Å²) in [7, 11) is 0. The first-order valence-corrected chi connectivity index (χ1v) is 5.44. The molecule has 0 aromatic heterocycles. The van der Waals surface area contributed by atoms with Gasteiger partial charge in [-0.3, -0.25) is 0 Å². The third-order valence-corrected chi connectivity index (χ3v) is 2.29. The molecule has 1 heterocycles. The summed E-state index contributed by atoms with van der Waals surface area (Å²) >= 11 is 0. The first-order valence-electron chi connectivity index (χ1n) is 5.44. The molecule has 1 N–H and O–H groups in total. The van der Waals surface area contributed by atoms with E-state index >= 15 is 0 Å². The van der Waals surface area contributed by atoms with Crippen LogP contribution < -0.4 is 0 Å². The van der Waals surface area contributed by atoms with E-state index in [9.17, 15) is 9.90 Å². The van der Waals surface area contributed by atoms with Crippen LogP contribution in [0.3, 0.4) is 0 Å². The van der Waals surface area contributed by atoms with Gasteiger partial charge in [0.15, 0.2) is 0 Å². The van der Waals surface area contributed by atoms with E-state index in [1.54, 1.807) is 4.90 Å². The second-order valence-electron chi connectivity index (χ2n) is 5.38. The van der Waals surface area contributed by atoms with Gasteiger partial charge < -0.3 is 14.7 Å². The Kier molecular flexibility index (Phi) is 3.60. The van der Waals surface area contributed by atoms with Crippen molar-refractivity contribution in [3.63, 3.8) is 0 Å². The minimum Gasteiger partial charge on any atom is -0.444 e. The number of piperidine rings is 1. The number of amides is 1. The fraction of sp³-hybridized carbons (Fsp3) is 0.909. The smallest absolute Gasteiger partial charge is 0.410 e. The molecule has 2 atom stereocenters. The molecule has 88 valence electrons. The number of hydrogen-bond donors (Lipinski definition) is 1. The monoisotopic (exact) mass is 215 g/mol. The lowest BCUT2D eigenvalue weighted by Crippen LogP contribution is -2.47. The van der Waals surface area contributed by atoms with Crippen molar-refractivity contribution in [2.24, 2.45) is 5.92 Å². The van der Waals surface area contributed by atoms with Gasteiger partial charge in [0, 0.05) is 13.1 Å². The van der Waals surface area contributed by atoms with Crippen LogP contribution >= 0.6 is 0 Å². The summed E-state index contributed by atoms with van der Waals surface area (Å²) in [6.07, 6.45) is 0.0219. The lowest BCUT2D eigenvalue weighted by Gasteiger charge is -2.35. The van der Waals surface area contributed by atoms with Crippen molar-refractivity contribution in [1.29, 1.82) is 0 Å². The number of hydrogen-bond acceptors (Lipinski definition) is 3. The predicted molar refractivity (Wildman–Crippen MR) is 57.6 cm³/mol. The van der Waals surface area contributed by atoms with Crippen LogP contribution in [0.4, 0.5) is 4.79 Å². The van der Waals surface area contributed by atoms with Crippen LogP contribution in [0.25, 0.3) is 0 Å². The summed E-state index contributed by atoms with van der Waals surface area (Å²) in [4.78, 5) is 13.3. The highest BCUT2D eigenvalue weighted by atomic mass is 16.6. The van der Waals surface area contributed by atoms with Gasteiger partial charge in [0.1, 0.15) is 5.60 Å². The van der Waals surface area contributed by atoms with Crippen molar-refractivity contribution in [2.75, 3.05) is 13.1 Å². The van der Waals surface area contributed by atoms with Crippen molar-refractivity contribution in [1.82, 2.24) is 4.90 Å². The molecule has 0 saturated carbocycles. The zero-order valence-corrected chi connectivity index (χ0v) is 9.99. The van der Waals surface area contributed by atoms with Gasteiger partial charge in [-0.15, -0.1) is 0 Å². The van der Waals surface area contributed by atoms with Gasteiger partial charge in [-0.05, 0) is 33.1 Å². The topological polar surface area (TPSA) is 49.8 Å². The summed E-state index contributed by atoms with van der Waals surface area (Å²) in [6, 6.07) is 0. The highest BCUT2D eigenvalue weighted by molar-refractivity contribution is 5.68. The molecule has 1 aliphatic rings. The molecule has 4 heteroatoms. The number of rotatable bonds is 0. The maximum absolute atomic E-state index is 11.7. The fourth-order valence-corrected chi connectivity index (χ4v) is 1.79. The van der Waals surface area contributed by atoms with Crippen LogP contribution in [0, 0.1) is 5.92 Å². The van der Waals surface area contributed by atoms with E-state index in [0.717, 1.165) is 6.42 Å². The van der Waals surface area contributed by atoms with Gasteiger partial charge in [-0.25, -0.2) is 4.79 Å². The fourth-order valence-electron chi connectivity index (χ4n) is 1.79.